The van der Waals surface area contributed by atoms with Gasteiger partial charge in [-0.1, -0.05) is 0 Å². The van der Waals surface area contributed by atoms with Gasteiger partial charge in [0.05, 0.1) is 16.3 Å². The van der Waals surface area contributed by atoms with Crippen LogP contribution in [0.25, 0.3) is 0 Å². The molecule has 0 saturated heterocycles. The Hall–Kier alpha value is -0.780. The van der Waals surface area contributed by atoms with E-state index in [0.29, 0.717) is 0 Å². The van der Waals surface area contributed by atoms with Gasteiger partial charge in [0.1, 0.15) is 6.10 Å². The first-order chi connectivity index (χ1) is 7.15. The van der Waals surface area contributed by atoms with Gasteiger partial charge in [0.25, 0.3) is 0 Å². The summed E-state index contributed by atoms with van der Waals surface area (Å²) in [7, 11) is 4.14. The van der Waals surface area contributed by atoms with E-state index in [0.717, 1.165) is 23.7 Å². The predicted molar refractivity (Wildman–Crippen MR) is 64.9 cm³/mol. The average molecular weight is 227 g/mol. The minimum atomic E-state index is -0.535. The zero-order chi connectivity index (χ0) is 11.0. The summed E-state index contributed by atoms with van der Waals surface area (Å²) in [5.41, 5.74) is 7.85. The summed E-state index contributed by atoms with van der Waals surface area (Å²) in [6.45, 7) is 2.30. The van der Waals surface area contributed by atoms with Crippen LogP contribution in [0.3, 0.4) is 0 Å². The molecular weight excluding hydrogens is 210 g/mol. The van der Waals surface area contributed by atoms with Crippen molar-refractivity contribution in [3.8, 4) is 0 Å². The first-order valence-corrected chi connectivity index (χ1v) is 5.95. The van der Waals surface area contributed by atoms with Crippen LogP contribution >= 0.6 is 11.3 Å². The SMILES string of the molecule is CN1CCN(C)c2c1csc2C(O)CN. The minimum absolute atomic E-state index is 0.282. The van der Waals surface area contributed by atoms with E-state index < -0.39 is 6.10 Å². The van der Waals surface area contributed by atoms with Gasteiger partial charge in [-0.25, -0.2) is 0 Å². The Balaban J connectivity index is 2.43. The Morgan fingerprint density at radius 2 is 2.13 bits per heavy atom. The lowest BCUT2D eigenvalue weighted by Gasteiger charge is -2.33. The molecule has 4 nitrogen and oxygen atoms in total. The molecule has 1 aromatic heterocycles. The third-order valence-corrected chi connectivity index (χ3v) is 3.92. The van der Waals surface area contributed by atoms with Crippen molar-refractivity contribution in [3.63, 3.8) is 0 Å². The largest absolute Gasteiger partial charge is 0.386 e. The van der Waals surface area contributed by atoms with E-state index in [1.54, 1.807) is 11.3 Å². The van der Waals surface area contributed by atoms with Gasteiger partial charge in [0, 0.05) is 39.1 Å². The van der Waals surface area contributed by atoms with Crippen molar-refractivity contribution >= 4 is 22.7 Å². The predicted octanol–water partition coefficient (Wildman–Crippen LogP) is 0.626. The van der Waals surface area contributed by atoms with Crippen LogP contribution in [0.5, 0.6) is 0 Å². The quantitative estimate of drug-likeness (QED) is 0.778. The molecule has 1 unspecified atom stereocenters. The van der Waals surface area contributed by atoms with Crippen molar-refractivity contribution in [2.75, 3.05) is 43.5 Å². The van der Waals surface area contributed by atoms with Crippen molar-refractivity contribution in [2.45, 2.75) is 6.10 Å². The second-order valence-corrected chi connectivity index (χ2v) is 4.84. The number of hydrogen-bond donors (Lipinski definition) is 2. The summed E-state index contributed by atoms with van der Waals surface area (Å²) in [5.74, 6) is 0. The first kappa shape index (κ1) is 10.7. The van der Waals surface area contributed by atoms with Gasteiger partial charge in [-0.05, 0) is 0 Å². The van der Waals surface area contributed by atoms with Gasteiger partial charge >= 0.3 is 0 Å². The normalized spacial score (nSPS) is 17.9. The van der Waals surface area contributed by atoms with Gasteiger partial charge in [0.15, 0.2) is 0 Å². The molecule has 3 N–H and O–H groups in total. The highest BCUT2D eigenvalue weighted by atomic mass is 32.1. The number of hydrogen-bond acceptors (Lipinski definition) is 5. The van der Waals surface area contributed by atoms with Crippen LogP contribution < -0.4 is 15.5 Å². The summed E-state index contributed by atoms with van der Waals surface area (Å²) < 4.78 is 0. The third kappa shape index (κ3) is 1.71. The highest BCUT2D eigenvalue weighted by molar-refractivity contribution is 7.11. The third-order valence-electron chi connectivity index (χ3n) is 2.86. The van der Waals surface area contributed by atoms with E-state index in [1.807, 2.05) is 0 Å². The maximum atomic E-state index is 9.82. The summed E-state index contributed by atoms with van der Waals surface area (Å²) in [6.07, 6.45) is -0.535. The second-order valence-electron chi connectivity index (χ2n) is 3.93. The van der Waals surface area contributed by atoms with Crippen molar-refractivity contribution < 1.29 is 5.11 Å². The van der Waals surface area contributed by atoms with E-state index in [9.17, 15) is 5.11 Å². The standard InChI is InChI=1S/C10H17N3OS/c1-12-3-4-13(2)9-7(12)6-15-10(9)8(14)5-11/h6,8,14H,3-5,11H2,1-2H3. The zero-order valence-electron chi connectivity index (χ0n) is 9.10. The number of likely N-dealkylation sites (N-methyl/N-ethyl adjacent to an activating group) is 2. The zero-order valence-corrected chi connectivity index (χ0v) is 9.92. The summed E-state index contributed by atoms with van der Waals surface area (Å²) in [4.78, 5) is 5.40. The number of aliphatic hydroxyl groups is 1. The molecule has 0 spiro atoms. The molecule has 0 saturated carbocycles. The van der Waals surface area contributed by atoms with E-state index in [2.05, 4.69) is 29.3 Å². The van der Waals surface area contributed by atoms with Crippen molar-refractivity contribution in [2.24, 2.45) is 5.73 Å². The second kappa shape index (κ2) is 4.00. The van der Waals surface area contributed by atoms with Crippen LogP contribution in [0.15, 0.2) is 5.38 Å². The topological polar surface area (TPSA) is 52.7 Å². The van der Waals surface area contributed by atoms with Crippen LogP contribution in [0.2, 0.25) is 0 Å². The van der Waals surface area contributed by atoms with Crippen molar-refractivity contribution in [3.05, 3.63) is 10.3 Å². The number of fused-ring (bicyclic) bond motifs is 1. The lowest BCUT2D eigenvalue weighted by Crippen LogP contribution is -2.36. The van der Waals surface area contributed by atoms with E-state index in [4.69, 9.17) is 5.73 Å². The average Bonchev–Trinajstić information content (AvgIpc) is 2.68. The molecule has 1 atom stereocenters. The maximum Gasteiger partial charge on any atom is 0.102 e. The van der Waals surface area contributed by atoms with Crippen LogP contribution in [-0.2, 0) is 0 Å². The van der Waals surface area contributed by atoms with Crippen LogP contribution in [0.1, 0.15) is 11.0 Å². The molecule has 2 heterocycles. The molecule has 2 rings (SSSR count). The number of aliphatic hydroxyl groups excluding tert-OH is 1. The highest BCUT2D eigenvalue weighted by Crippen LogP contribution is 2.42. The molecule has 5 heteroatoms. The Labute approximate surface area is 93.9 Å². The van der Waals surface area contributed by atoms with E-state index in [1.165, 1.54) is 5.69 Å². The fourth-order valence-electron chi connectivity index (χ4n) is 1.89. The molecule has 0 radical (unpaired) electrons. The van der Waals surface area contributed by atoms with Gasteiger partial charge in [-0.15, -0.1) is 11.3 Å². The number of anilines is 2. The highest BCUT2D eigenvalue weighted by Gasteiger charge is 2.25. The monoisotopic (exact) mass is 227 g/mol. The molecule has 15 heavy (non-hydrogen) atoms. The molecular formula is C10H17N3OS. The van der Waals surface area contributed by atoms with Gasteiger partial charge in [-0.2, -0.15) is 0 Å². The lowest BCUT2D eigenvalue weighted by molar-refractivity contribution is 0.191. The molecule has 1 aliphatic rings. The van der Waals surface area contributed by atoms with Crippen molar-refractivity contribution in [1.29, 1.82) is 0 Å². The Morgan fingerprint density at radius 3 is 2.80 bits per heavy atom. The molecule has 84 valence electrons. The molecule has 1 aliphatic heterocycles. The Bertz CT molecular complexity index is 352. The van der Waals surface area contributed by atoms with E-state index >= 15 is 0 Å². The molecule has 0 bridgehead atoms. The Kier molecular flexibility index (Phi) is 2.86. The summed E-state index contributed by atoms with van der Waals surface area (Å²) in [5, 5.41) is 11.9. The Morgan fingerprint density at radius 1 is 1.47 bits per heavy atom. The van der Waals surface area contributed by atoms with Crippen LogP contribution in [-0.4, -0.2) is 38.8 Å². The minimum Gasteiger partial charge on any atom is -0.386 e. The van der Waals surface area contributed by atoms with Gasteiger partial charge in [0.2, 0.25) is 0 Å². The van der Waals surface area contributed by atoms with Gasteiger partial charge < -0.3 is 20.6 Å². The maximum absolute atomic E-state index is 9.82. The van der Waals surface area contributed by atoms with Crippen LogP contribution in [0.4, 0.5) is 11.4 Å². The molecule has 0 aromatic carbocycles. The van der Waals surface area contributed by atoms with Crippen molar-refractivity contribution in [1.82, 2.24) is 0 Å². The fourth-order valence-corrected chi connectivity index (χ4v) is 3.04. The van der Waals surface area contributed by atoms with E-state index in [-0.39, 0.29) is 6.54 Å². The summed E-state index contributed by atoms with van der Waals surface area (Å²) >= 11 is 1.59. The number of nitrogens with two attached hydrogens (primary N) is 1. The smallest absolute Gasteiger partial charge is 0.102 e. The lowest BCUT2D eigenvalue weighted by atomic mass is 10.2. The molecule has 0 fully saturated rings. The fraction of sp³-hybridized carbons (Fsp3) is 0.600. The van der Waals surface area contributed by atoms with Gasteiger partial charge in [-0.3, -0.25) is 0 Å². The molecule has 0 amide bonds. The summed E-state index contributed by atoms with van der Waals surface area (Å²) in [6, 6.07) is 0. The first-order valence-electron chi connectivity index (χ1n) is 5.07. The molecule has 1 aromatic rings. The number of rotatable bonds is 2. The van der Waals surface area contributed by atoms with Crippen LogP contribution in [0, 0.1) is 0 Å². The number of thiophene rings is 1. The number of nitrogens with zero attached hydrogens (tertiary/aromatic N) is 2. The molecule has 0 aliphatic carbocycles.